The molecule has 2 aromatic rings. The number of halogens is 1. The van der Waals surface area contributed by atoms with Crippen molar-refractivity contribution in [3.8, 4) is 0 Å². The molecule has 0 aliphatic heterocycles. The molecule has 18 heavy (non-hydrogen) atoms. The average molecular weight is 262 g/mol. The number of aromatic nitrogens is 1. The highest BCUT2D eigenvalue weighted by atomic mass is 32.1. The highest BCUT2D eigenvalue weighted by molar-refractivity contribution is 7.80. The van der Waals surface area contributed by atoms with Gasteiger partial charge in [0.2, 0.25) is 0 Å². The molecule has 0 bridgehead atoms. The number of nitrogens with zero attached hydrogens (tertiary/aromatic N) is 1. The van der Waals surface area contributed by atoms with Crippen LogP contribution in [0, 0.1) is 12.7 Å². The van der Waals surface area contributed by atoms with Crippen molar-refractivity contribution in [2.24, 2.45) is 0 Å². The van der Waals surface area contributed by atoms with Crippen LogP contribution in [0.15, 0.2) is 41.4 Å². The first kappa shape index (κ1) is 12.6. The van der Waals surface area contributed by atoms with E-state index in [9.17, 15) is 9.18 Å². The van der Waals surface area contributed by atoms with Gasteiger partial charge in [0.15, 0.2) is 0 Å². The Kier molecular flexibility index (Phi) is 3.62. The number of carbonyl (C=O) groups is 1. The third kappa shape index (κ3) is 2.87. The summed E-state index contributed by atoms with van der Waals surface area (Å²) in [5.41, 5.74) is 1.81. The van der Waals surface area contributed by atoms with Crippen LogP contribution in [0.2, 0.25) is 0 Å². The number of hydrogen-bond donors (Lipinski definition) is 2. The summed E-state index contributed by atoms with van der Waals surface area (Å²) in [5, 5.41) is 2.67. The minimum atomic E-state index is -0.452. The smallest absolute Gasteiger partial charge is 0.255 e. The third-order valence-corrected chi connectivity index (χ3v) is 2.72. The Morgan fingerprint density at radius 3 is 2.72 bits per heavy atom. The Hall–Kier alpha value is -1.88. The van der Waals surface area contributed by atoms with Gasteiger partial charge in [0.05, 0.1) is 11.9 Å². The van der Waals surface area contributed by atoms with E-state index in [1.807, 2.05) is 6.92 Å². The highest BCUT2D eigenvalue weighted by Crippen LogP contribution is 2.15. The number of rotatable bonds is 2. The summed E-state index contributed by atoms with van der Waals surface area (Å²) in [6.07, 6.45) is 1.57. The Labute approximate surface area is 109 Å². The summed E-state index contributed by atoms with van der Waals surface area (Å²) in [7, 11) is 0. The number of amides is 1. The first-order valence-corrected chi connectivity index (χ1v) is 5.73. The zero-order valence-electron chi connectivity index (χ0n) is 9.64. The number of benzene rings is 1. The van der Waals surface area contributed by atoms with Gasteiger partial charge in [-0.3, -0.25) is 9.78 Å². The number of thiol groups is 1. The Bertz CT molecular complexity index is 584. The van der Waals surface area contributed by atoms with Crippen LogP contribution in [-0.4, -0.2) is 10.9 Å². The van der Waals surface area contributed by atoms with Crippen molar-refractivity contribution < 1.29 is 9.18 Å². The fourth-order valence-electron chi connectivity index (χ4n) is 1.40. The van der Waals surface area contributed by atoms with Gasteiger partial charge >= 0.3 is 0 Å². The summed E-state index contributed by atoms with van der Waals surface area (Å²) >= 11 is 3.93. The fraction of sp³-hybridized carbons (Fsp3) is 0.0769. The van der Waals surface area contributed by atoms with Gasteiger partial charge < -0.3 is 5.32 Å². The average Bonchev–Trinajstić information content (AvgIpc) is 2.35. The molecule has 0 unspecified atom stereocenters. The van der Waals surface area contributed by atoms with Gasteiger partial charge in [0.1, 0.15) is 5.82 Å². The fourth-order valence-corrected chi connectivity index (χ4v) is 1.61. The van der Waals surface area contributed by atoms with Gasteiger partial charge in [-0.15, -0.1) is 12.6 Å². The summed E-state index contributed by atoms with van der Waals surface area (Å²) in [4.78, 5) is 16.1. The Morgan fingerprint density at radius 1 is 1.33 bits per heavy atom. The molecule has 1 amide bonds. The van der Waals surface area contributed by atoms with Gasteiger partial charge in [-0.2, -0.15) is 0 Å². The van der Waals surface area contributed by atoms with Crippen LogP contribution in [0.25, 0.3) is 0 Å². The van der Waals surface area contributed by atoms with Crippen LogP contribution in [0.1, 0.15) is 16.1 Å². The quantitative estimate of drug-likeness (QED) is 0.817. The molecule has 3 nitrogen and oxygen atoms in total. The molecule has 92 valence electrons. The van der Waals surface area contributed by atoms with Crippen molar-refractivity contribution in [3.05, 3.63) is 53.6 Å². The molecule has 2 rings (SSSR count). The van der Waals surface area contributed by atoms with Gasteiger partial charge in [0, 0.05) is 16.2 Å². The number of aryl methyl sites for hydroxylation is 1. The van der Waals surface area contributed by atoms with Gasteiger partial charge in [-0.05, 0) is 37.3 Å². The maximum Gasteiger partial charge on any atom is 0.255 e. The molecule has 0 radical (unpaired) electrons. The summed E-state index contributed by atoms with van der Waals surface area (Å²) in [6, 6.07) is 7.56. The lowest BCUT2D eigenvalue weighted by Crippen LogP contribution is -2.12. The van der Waals surface area contributed by atoms with Crippen LogP contribution in [0.3, 0.4) is 0 Å². The molecule has 0 aliphatic carbocycles. The van der Waals surface area contributed by atoms with Crippen molar-refractivity contribution in [2.75, 3.05) is 5.32 Å². The minimum absolute atomic E-state index is 0.143. The number of pyridine rings is 1. The molecule has 0 aliphatic rings. The van der Waals surface area contributed by atoms with E-state index in [0.717, 1.165) is 5.69 Å². The molecule has 0 spiro atoms. The van der Waals surface area contributed by atoms with Crippen LogP contribution in [0.4, 0.5) is 10.1 Å². The first-order valence-electron chi connectivity index (χ1n) is 5.29. The molecular formula is C13H11FN2OS. The molecule has 1 aromatic carbocycles. The van der Waals surface area contributed by atoms with E-state index in [1.54, 1.807) is 18.3 Å². The molecular weight excluding hydrogens is 251 g/mol. The Morgan fingerprint density at radius 2 is 2.11 bits per heavy atom. The second kappa shape index (κ2) is 5.18. The maximum atomic E-state index is 13.0. The van der Waals surface area contributed by atoms with Crippen molar-refractivity contribution in [2.45, 2.75) is 11.8 Å². The SMILES string of the molecule is Cc1ccc(NC(=O)c2ccc(F)c(S)c2)cn1. The monoisotopic (exact) mass is 262 g/mol. The predicted molar refractivity (Wildman–Crippen MR) is 70.6 cm³/mol. The first-order chi connectivity index (χ1) is 8.56. The van der Waals surface area contributed by atoms with E-state index >= 15 is 0 Å². The molecule has 0 atom stereocenters. The van der Waals surface area contributed by atoms with Crippen molar-refractivity contribution in [3.63, 3.8) is 0 Å². The van der Waals surface area contributed by atoms with Crippen molar-refractivity contribution in [1.82, 2.24) is 4.98 Å². The van der Waals surface area contributed by atoms with Gasteiger partial charge in [-0.1, -0.05) is 0 Å². The highest BCUT2D eigenvalue weighted by Gasteiger charge is 2.08. The normalized spacial score (nSPS) is 10.2. The summed E-state index contributed by atoms with van der Waals surface area (Å²) in [6.45, 7) is 1.86. The van der Waals surface area contributed by atoms with Crippen LogP contribution >= 0.6 is 12.6 Å². The molecule has 5 heteroatoms. The van der Waals surface area contributed by atoms with Crippen molar-refractivity contribution in [1.29, 1.82) is 0 Å². The second-order valence-electron chi connectivity index (χ2n) is 3.81. The molecule has 0 saturated carbocycles. The van der Waals surface area contributed by atoms with Crippen LogP contribution in [0.5, 0.6) is 0 Å². The lowest BCUT2D eigenvalue weighted by molar-refractivity contribution is 0.102. The number of carbonyl (C=O) groups excluding carboxylic acids is 1. The Balaban J connectivity index is 2.16. The van der Waals surface area contributed by atoms with Crippen LogP contribution in [-0.2, 0) is 0 Å². The molecule has 1 N–H and O–H groups in total. The predicted octanol–water partition coefficient (Wildman–Crippen LogP) is 3.07. The van der Waals surface area contributed by atoms with Crippen LogP contribution < -0.4 is 5.32 Å². The third-order valence-electron chi connectivity index (χ3n) is 2.38. The van der Waals surface area contributed by atoms with E-state index in [1.165, 1.54) is 18.2 Å². The maximum absolute atomic E-state index is 13.0. The van der Waals surface area contributed by atoms with Gasteiger partial charge in [0.25, 0.3) is 5.91 Å². The van der Waals surface area contributed by atoms with E-state index in [-0.39, 0.29) is 10.8 Å². The van der Waals surface area contributed by atoms with Gasteiger partial charge in [-0.25, -0.2) is 4.39 Å². The van der Waals surface area contributed by atoms with E-state index in [4.69, 9.17) is 0 Å². The molecule has 1 heterocycles. The second-order valence-corrected chi connectivity index (χ2v) is 4.29. The number of anilines is 1. The molecule has 0 fully saturated rings. The lowest BCUT2D eigenvalue weighted by atomic mass is 10.2. The van der Waals surface area contributed by atoms with E-state index < -0.39 is 5.82 Å². The van der Waals surface area contributed by atoms with Crippen molar-refractivity contribution >= 4 is 24.2 Å². The molecule has 1 aromatic heterocycles. The zero-order valence-corrected chi connectivity index (χ0v) is 10.5. The van der Waals surface area contributed by atoms with E-state index in [0.29, 0.717) is 11.3 Å². The summed E-state index contributed by atoms with van der Waals surface area (Å²) < 4.78 is 13.0. The summed E-state index contributed by atoms with van der Waals surface area (Å²) in [5.74, 6) is -0.775. The topological polar surface area (TPSA) is 42.0 Å². The largest absolute Gasteiger partial charge is 0.321 e. The lowest BCUT2D eigenvalue weighted by Gasteiger charge is -2.06. The number of nitrogens with one attached hydrogen (secondary N) is 1. The zero-order chi connectivity index (χ0) is 13.1. The standard InChI is InChI=1S/C13H11FN2OS/c1-8-2-4-10(7-15-8)16-13(17)9-3-5-11(14)12(18)6-9/h2-7,18H,1H3,(H,16,17). The molecule has 0 saturated heterocycles. The number of hydrogen-bond acceptors (Lipinski definition) is 3. The minimum Gasteiger partial charge on any atom is -0.321 e. The van der Waals surface area contributed by atoms with E-state index in [2.05, 4.69) is 22.9 Å².